The number of anilines is 1. The Hall–Kier alpha value is -1.73. The summed E-state index contributed by atoms with van der Waals surface area (Å²) in [5.74, 6) is 0.818. The first-order valence-corrected chi connectivity index (χ1v) is 9.59. The first kappa shape index (κ1) is 16.7. The van der Waals surface area contributed by atoms with Gasteiger partial charge in [0.1, 0.15) is 5.75 Å². The predicted molar refractivity (Wildman–Crippen MR) is 99.5 cm³/mol. The summed E-state index contributed by atoms with van der Waals surface area (Å²) in [6, 6.07) is 9.03. The Kier molecular flexibility index (Phi) is 4.60. The Labute approximate surface area is 154 Å². The Bertz CT molecular complexity index is 759. The molecule has 1 aromatic heterocycles. The van der Waals surface area contributed by atoms with Crippen LogP contribution in [0.25, 0.3) is 0 Å². The van der Waals surface area contributed by atoms with Crippen LogP contribution in [0.1, 0.15) is 29.3 Å². The molecule has 1 aliphatic carbocycles. The summed E-state index contributed by atoms with van der Waals surface area (Å²) in [5.41, 5.74) is 2.20. The van der Waals surface area contributed by atoms with Gasteiger partial charge in [-0.25, -0.2) is 0 Å². The summed E-state index contributed by atoms with van der Waals surface area (Å²) in [5, 5.41) is 6.10. The molecule has 0 saturated heterocycles. The molecule has 1 aromatic carbocycles. The largest absolute Gasteiger partial charge is 0.435 e. The van der Waals surface area contributed by atoms with Gasteiger partial charge in [-0.2, -0.15) is 8.78 Å². The van der Waals surface area contributed by atoms with Crippen molar-refractivity contribution in [2.45, 2.75) is 31.9 Å². The van der Waals surface area contributed by atoms with Crippen molar-refractivity contribution in [3.8, 4) is 5.75 Å². The second-order valence-corrected chi connectivity index (χ2v) is 7.75. The number of alkyl halides is 2. The van der Waals surface area contributed by atoms with Crippen LogP contribution in [0.4, 0.5) is 14.5 Å². The zero-order valence-electron chi connectivity index (χ0n) is 13.5. The molecule has 3 nitrogen and oxygen atoms in total. The Balaban J connectivity index is 1.47. The second-order valence-electron chi connectivity index (χ2n) is 6.36. The molecule has 1 atom stereocenters. The summed E-state index contributed by atoms with van der Waals surface area (Å²) >= 11 is 7.49. The zero-order valence-corrected chi connectivity index (χ0v) is 15.1. The van der Waals surface area contributed by atoms with Crippen molar-refractivity contribution < 1.29 is 13.5 Å². The fourth-order valence-corrected chi connectivity index (χ4v) is 4.65. The van der Waals surface area contributed by atoms with Gasteiger partial charge in [0.25, 0.3) is 0 Å². The van der Waals surface area contributed by atoms with Crippen LogP contribution >= 0.6 is 23.6 Å². The first-order valence-electron chi connectivity index (χ1n) is 8.30. The summed E-state index contributed by atoms with van der Waals surface area (Å²) in [7, 11) is 0. The quantitative estimate of drug-likeness (QED) is 0.750. The van der Waals surface area contributed by atoms with Gasteiger partial charge in [-0.1, -0.05) is 0 Å². The smallest absolute Gasteiger partial charge is 0.387 e. The van der Waals surface area contributed by atoms with E-state index >= 15 is 0 Å². The van der Waals surface area contributed by atoms with E-state index in [4.69, 9.17) is 12.2 Å². The Morgan fingerprint density at radius 3 is 2.68 bits per heavy atom. The standard InChI is InChI=1S/C18H18F2N2OS2/c19-17(20)23-13-5-3-12(4-6-13)21-18(24)22-9-7-15-14(8-10-25-15)16(22)11-1-2-11/h3-6,8,10-11,16-17H,1-2,7,9H2,(H,21,24)/t16-/m0/s1. The van der Waals surface area contributed by atoms with Crippen molar-refractivity contribution in [1.82, 2.24) is 4.90 Å². The van der Waals surface area contributed by atoms with Crippen LogP contribution in [0.15, 0.2) is 35.7 Å². The van der Waals surface area contributed by atoms with Gasteiger partial charge in [0.05, 0.1) is 6.04 Å². The number of halogens is 2. The van der Waals surface area contributed by atoms with Crippen molar-refractivity contribution in [1.29, 1.82) is 0 Å². The normalized spacial score (nSPS) is 19.6. The molecular formula is C18H18F2N2OS2. The fraction of sp³-hybridized carbons (Fsp3) is 0.389. The van der Waals surface area contributed by atoms with Gasteiger partial charge in [0.15, 0.2) is 5.11 Å². The van der Waals surface area contributed by atoms with Crippen molar-refractivity contribution in [3.05, 3.63) is 46.2 Å². The molecule has 7 heteroatoms. The minimum absolute atomic E-state index is 0.142. The number of benzene rings is 1. The van der Waals surface area contributed by atoms with Crippen LogP contribution in [-0.2, 0) is 6.42 Å². The van der Waals surface area contributed by atoms with Crippen LogP contribution in [-0.4, -0.2) is 23.2 Å². The Morgan fingerprint density at radius 1 is 1.24 bits per heavy atom. The molecule has 1 aliphatic heterocycles. The topological polar surface area (TPSA) is 24.5 Å². The van der Waals surface area contributed by atoms with Crippen molar-refractivity contribution in [3.63, 3.8) is 0 Å². The van der Waals surface area contributed by atoms with Crippen LogP contribution in [0.2, 0.25) is 0 Å². The van der Waals surface area contributed by atoms with Crippen molar-refractivity contribution in [2.75, 3.05) is 11.9 Å². The third kappa shape index (κ3) is 3.62. The molecule has 0 radical (unpaired) electrons. The van der Waals surface area contributed by atoms with Crippen LogP contribution in [0.5, 0.6) is 5.75 Å². The van der Waals surface area contributed by atoms with E-state index < -0.39 is 6.61 Å². The number of fused-ring (bicyclic) bond motifs is 1. The molecule has 2 heterocycles. The average Bonchev–Trinajstić information content (AvgIpc) is 3.31. The fourth-order valence-electron chi connectivity index (χ4n) is 3.41. The molecule has 2 aliphatic rings. The van der Waals surface area contributed by atoms with E-state index in [-0.39, 0.29) is 5.75 Å². The molecule has 0 amide bonds. The molecule has 4 rings (SSSR count). The van der Waals surface area contributed by atoms with E-state index in [0.29, 0.717) is 17.1 Å². The number of rotatable bonds is 4. The monoisotopic (exact) mass is 380 g/mol. The molecule has 1 N–H and O–H groups in total. The molecule has 1 fully saturated rings. The van der Waals surface area contributed by atoms with E-state index in [9.17, 15) is 8.78 Å². The van der Waals surface area contributed by atoms with Crippen LogP contribution in [0, 0.1) is 5.92 Å². The van der Waals surface area contributed by atoms with E-state index in [1.54, 1.807) is 12.1 Å². The van der Waals surface area contributed by atoms with Gasteiger partial charge in [0.2, 0.25) is 0 Å². The average molecular weight is 380 g/mol. The lowest BCUT2D eigenvalue weighted by atomic mass is 9.96. The van der Waals surface area contributed by atoms with Gasteiger partial charge in [-0.15, -0.1) is 11.3 Å². The summed E-state index contributed by atoms with van der Waals surface area (Å²) in [4.78, 5) is 3.76. The first-order chi connectivity index (χ1) is 12.1. The lowest BCUT2D eigenvalue weighted by molar-refractivity contribution is -0.0498. The number of thiophene rings is 1. The highest BCUT2D eigenvalue weighted by atomic mass is 32.1. The second kappa shape index (κ2) is 6.88. The molecule has 1 saturated carbocycles. The van der Waals surface area contributed by atoms with Gasteiger partial charge >= 0.3 is 6.61 Å². The number of nitrogens with one attached hydrogen (secondary N) is 1. The van der Waals surface area contributed by atoms with Gasteiger partial charge < -0.3 is 15.0 Å². The molecule has 0 bridgehead atoms. The minimum Gasteiger partial charge on any atom is -0.435 e. The Morgan fingerprint density at radius 2 is 2.00 bits per heavy atom. The third-order valence-corrected chi connectivity index (χ3v) is 6.01. The minimum atomic E-state index is -2.81. The number of hydrogen-bond donors (Lipinski definition) is 1. The van der Waals surface area contributed by atoms with Gasteiger partial charge in [-0.3, -0.25) is 0 Å². The highest BCUT2D eigenvalue weighted by Gasteiger charge is 2.40. The van der Waals surface area contributed by atoms with E-state index in [1.165, 1.54) is 35.4 Å². The van der Waals surface area contributed by atoms with Gasteiger partial charge in [0, 0.05) is 17.1 Å². The van der Waals surface area contributed by atoms with E-state index in [0.717, 1.165) is 18.7 Å². The molecule has 132 valence electrons. The van der Waals surface area contributed by atoms with Gasteiger partial charge in [-0.05, 0) is 78.7 Å². The number of hydrogen-bond acceptors (Lipinski definition) is 3. The number of nitrogens with zero attached hydrogens (tertiary/aromatic N) is 1. The molecule has 25 heavy (non-hydrogen) atoms. The van der Waals surface area contributed by atoms with Crippen LogP contribution < -0.4 is 10.1 Å². The lowest BCUT2D eigenvalue weighted by Gasteiger charge is -2.38. The number of thiocarbonyl (C=S) groups is 1. The third-order valence-electron chi connectivity index (χ3n) is 4.67. The highest BCUT2D eigenvalue weighted by molar-refractivity contribution is 7.80. The highest BCUT2D eigenvalue weighted by Crippen LogP contribution is 2.48. The molecular weight excluding hydrogens is 362 g/mol. The lowest BCUT2D eigenvalue weighted by Crippen LogP contribution is -2.42. The van der Waals surface area contributed by atoms with Crippen LogP contribution in [0.3, 0.4) is 0 Å². The summed E-state index contributed by atoms with van der Waals surface area (Å²) in [6.45, 7) is -1.90. The summed E-state index contributed by atoms with van der Waals surface area (Å²) < 4.78 is 28.8. The predicted octanol–water partition coefficient (Wildman–Crippen LogP) is 5.06. The molecule has 0 unspecified atom stereocenters. The maximum atomic E-state index is 12.2. The van der Waals surface area contributed by atoms with Crippen molar-refractivity contribution in [2.24, 2.45) is 5.92 Å². The molecule has 0 spiro atoms. The SMILES string of the molecule is FC(F)Oc1ccc(NC(=S)N2CCc3sccc3[C@@H]2C2CC2)cc1. The maximum absolute atomic E-state index is 12.2. The summed E-state index contributed by atoms with van der Waals surface area (Å²) in [6.07, 6.45) is 3.51. The van der Waals surface area contributed by atoms with E-state index in [1.807, 2.05) is 11.3 Å². The van der Waals surface area contributed by atoms with Crippen molar-refractivity contribution >= 4 is 34.4 Å². The zero-order chi connectivity index (χ0) is 17.4. The number of ether oxygens (including phenoxy) is 1. The van der Waals surface area contributed by atoms with E-state index in [2.05, 4.69) is 26.4 Å². The maximum Gasteiger partial charge on any atom is 0.387 e. The molecule has 2 aromatic rings.